The summed E-state index contributed by atoms with van der Waals surface area (Å²) < 4.78 is 30.7. The molecule has 1 aromatic rings. The van der Waals surface area contributed by atoms with Gasteiger partial charge in [0, 0.05) is 18.3 Å². The molecule has 1 fully saturated rings. The molecular weight excluding hydrogens is 266 g/mol. The van der Waals surface area contributed by atoms with E-state index in [1.165, 1.54) is 6.07 Å². The second kappa shape index (κ2) is 6.63. The van der Waals surface area contributed by atoms with Gasteiger partial charge in [-0.15, -0.1) is 12.4 Å². The summed E-state index contributed by atoms with van der Waals surface area (Å²) in [5, 5.41) is 5.45. The van der Waals surface area contributed by atoms with E-state index < -0.39 is 17.7 Å². The monoisotopic (exact) mass is 278 g/mol. The van der Waals surface area contributed by atoms with Gasteiger partial charge in [0.25, 0.3) is 0 Å². The number of nitrogens with one attached hydrogen (secondary N) is 2. The number of ether oxygens (including phenoxy) is 1. The smallest absolute Gasteiger partial charge is 0.243 e. The maximum atomic E-state index is 12.9. The van der Waals surface area contributed by atoms with Crippen molar-refractivity contribution in [1.82, 2.24) is 5.32 Å². The zero-order valence-electron chi connectivity index (χ0n) is 9.41. The maximum Gasteiger partial charge on any atom is 0.243 e. The van der Waals surface area contributed by atoms with E-state index in [2.05, 4.69) is 10.6 Å². The summed E-state index contributed by atoms with van der Waals surface area (Å²) in [5.74, 6) is -2.26. The van der Waals surface area contributed by atoms with Crippen molar-refractivity contribution in [3.8, 4) is 0 Å². The minimum absolute atomic E-state index is 0. The zero-order chi connectivity index (χ0) is 12.3. The molecule has 1 atom stereocenters. The number of halogens is 3. The average molecular weight is 279 g/mol. The van der Waals surface area contributed by atoms with Gasteiger partial charge in [-0.2, -0.15) is 0 Å². The normalized spacial score (nSPS) is 18.9. The van der Waals surface area contributed by atoms with Gasteiger partial charge in [-0.05, 0) is 12.1 Å². The second-order valence-electron chi connectivity index (χ2n) is 3.70. The number of carbonyl (C=O) groups is 1. The lowest BCUT2D eigenvalue weighted by Crippen LogP contribution is -2.48. The topological polar surface area (TPSA) is 50.4 Å². The summed E-state index contributed by atoms with van der Waals surface area (Å²) in [6.45, 7) is 1.43. The largest absolute Gasteiger partial charge is 0.378 e. The zero-order valence-corrected chi connectivity index (χ0v) is 10.2. The highest BCUT2D eigenvalue weighted by Crippen LogP contribution is 2.13. The summed E-state index contributed by atoms with van der Waals surface area (Å²) in [6.07, 6.45) is 0. The van der Waals surface area contributed by atoms with E-state index >= 15 is 0 Å². The molecule has 0 aromatic heterocycles. The van der Waals surface area contributed by atoms with Crippen molar-refractivity contribution in [2.45, 2.75) is 6.04 Å². The highest BCUT2D eigenvalue weighted by atomic mass is 35.5. The lowest BCUT2D eigenvalue weighted by atomic mass is 10.2. The van der Waals surface area contributed by atoms with Crippen LogP contribution in [0.1, 0.15) is 0 Å². The molecule has 0 aliphatic carbocycles. The first-order chi connectivity index (χ1) is 8.16. The SMILES string of the molecule is Cl.O=C(Nc1ccc(F)c(F)c1)C1COCCN1. The van der Waals surface area contributed by atoms with Gasteiger partial charge in [-0.1, -0.05) is 0 Å². The van der Waals surface area contributed by atoms with Crippen LogP contribution >= 0.6 is 12.4 Å². The van der Waals surface area contributed by atoms with E-state index in [1.54, 1.807) is 0 Å². The number of benzene rings is 1. The van der Waals surface area contributed by atoms with E-state index in [1.807, 2.05) is 0 Å². The van der Waals surface area contributed by atoms with Crippen molar-refractivity contribution in [2.24, 2.45) is 0 Å². The molecule has 1 aliphatic heterocycles. The quantitative estimate of drug-likeness (QED) is 0.858. The molecule has 1 unspecified atom stereocenters. The Morgan fingerprint density at radius 3 is 2.78 bits per heavy atom. The Kier molecular flexibility index (Phi) is 5.46. The lowest BCUT2D eigenvalue weighted by molar-refractivity contribution is -0.120. The van der Waals surface area contributed by atoms with Crippen LogP contribution in [0.3, 0.4) is 0 Å². The van der Waals surface area contributed by atoms with Crippen LogP contribution in [0.15, 0.2) is 18.2 Å². The first kappa shape index (κ1) is 14.8. The number of carbonyl (C=O) groups excluding carboxylic acids is 1. The van der Waals surface area contributed by atoms with E-state index in [9.17, 15) is 13.6 Å². The van der Waals surface area contributed by atoms with E-state index in [0.717, 1.165) is 12.1 Å². The maximum absolute atomic E-state index is 12.9. The van der Waals surface area contributed by atoms with Crippen molar-refractivity contribution in [3.63, 3.8) is 0 Å². The number of anilines is 1. The predicted molar refractivity (Wildman–Crippen MR) is 64.8 cm³/mol. The number of morpholine rings is 1. The summed E-state index contributed by atoms with van der Waals surface area (Å²) in [7, 11) is 0. The minimum Gasteiger partial charge on any atom is -0.378 e. The van der Waals surface area contributed by atoms with Crippen LogP contribution in [0.25, 0.3) is 0 Å². The molecule has 2 N–H and O–H groups in total. The molecule has 2 rings (SSSR count). The summed E-state index contributed by atoms with van der Waals surface area (Å²) in [6, 6.07) is 2.75. The fourth-order valence-corrected chi connectivity index (χ4v) is 1.54. The molecule has 1 aromatic carbocycles. The number of hydrogen-bond acceptors (Lipinski definition) is 3. The van der Waals surface area contributed by atoms with Gasteiger partial charge in [0.2, 0.25) is 5.91 Å². The van der Waals surface area contributed by atoms with Crippen LogP contribution in [0.5, 0.6) is 0 Å². The van der Waals surface area contributed by atoms with Gasteiger partial charge in [0.05, 0.1) is 13.2 Å². The summed E-state index contributed by atoms with van der Waals surface area (Å²) in [5.41, 5.74) is 0.223. The van der Waals surface area contributed by atoms with Crippen molar-refractivity contribution >= 4 is 24.0 Å². The van der Waals surface area contributed by atoms with Gasteiger partial charge in [-0.3, -0.25) is 4.79 Å². The van der Waals surface area contributed by atoms with Crippen LogP contribution in [-0.2, 0) is 9.53 Å². The third-order valence-corrected chi connectivity index (χ3v) is 2.43. The Balaban J connectivity index is 0.00000162. The van der Waals surface area contributed by atoms with Crippen molar-refractivity contribution in [3.05, 3.63) is 29.8 Å². The Labute approximate surface area is 109 Å². The number of rotatable bonds is 2. The Morgan fingerprint density at radius 1 is 1.39 bits per heavy atom. The van der Waals surface area contributed by atoms with Crippen LogP contribution in [0, 0.1) is 11.6 Å². The van der Waals surface area contributed by atoms with Gasteiger partial charge in [0.15, 0.2) is 11.6 Å². The molecule has 1 aliphatic rings. The highest BCUT2D eigenvalue weighted by molar-refractivity contribution is 5.95. The fraction of sp³-hybridized carbons (Fsp3) is 0.364. The van der Waals surface area contributed by atoms with Crippen LogP contribution in [-0.4, -0.2) is 31.7 Å². The Bertz CT molecular complexity index is 426. The molecule has 0 spiro atoms. The second-order valence-corrected chi connectivity index (χ2v) is 3.70. The molecule has 1 saturated heterocycles. The van der Waals surface area contributed by atoms with Crippen LogP contribution in [0.2, 0.25) is 0 Å². The van der Waals surface area contributed by atoms with Gasteiger partial charge >= 0.3 is 0 Å². The van der Waals surface area contributed by atoms with E-state index in [4.69, 9.17) is 4.74 Å². The average Bonchev–Trinajstić information content (AvgIpc) is 2.35. The van der Waals surface area contributed by atoms with E-state index in [-0.39, 0.29) is 30.6 Å². The standard InChI is InChI=1S/C11H12F2N2O2.ClH/c12-8-2-1-7(5-9(8)13)15-11(16)10-6-17-4-3-14-10;/h1-2,5,10,14H,3-4,6H2,(H,15,16);1H. The minimum atomic E-state index is -0.990. The Morgan fingerprint density at radius 2 is 2.17 bits per heavy atom. The third kappa shape index (κ3) is 3.63. The molecule has 0 saturated carbocycles. The molecule has 100 valence electrons. The van der Waals surface area contributed by atoms with Crippen LogP contribution in [0.4, 0.5) is 14.5 Å². The molecule has 1 heterocycles. The first-order valence-electron chi connectivity index (χ1n) is 5.24. The molecular formula is C11H13ClF2N2O2. The molecule has 4 nitrogen and oxygen atoms in total. The van der Waals surface area contributed by atoms with Crippen LogP contribution < -0.4 is 10.6 Å². The van der Waals surface area contributed by atoms with Gasteiger partial charge in [-0.25, -0.2) is 8.78 Å². The summed E-state index contributed by atoms with van der Waals surface area (Å²) >= 11 is 0. The van der Waals surface area contributed by atoms with Gasteiger partial charge in [0.1, 0.15) is 6.04 Å². The molecule has 18 heavy (non-hydrogen) atoms. The molecule has 1 amide bonds. The summed E-state index contributed by atoms with van der Waals surface area (Å²) in [4.78, 5) is 11.7. The van der Waals surface area contributed by atoms with E-state index in [0.29, 0.717) is 13.2 Å². The number of amides is 1. The third-order valence-electron chi connectivity index (χ3n) is 2.43. The van der Waals surface area contributed by atoms with Gasteiger partial charge < -0.3 is 15.4 Å². The predicted octanol–water partition coefficient (Wildman–Crippen LogP) is 1.31. The fourth-order valence-electron chi connectivity index (χ4n) is 1.54. The van der Waals surface area contributed by atoms with Crippen molar-refractivity contribution in [2.75, 3.05) is 25.1 Å². The highest BCUT2D eigenvalue weighted by Gasteiger charge is 2.21. The molecule has 0 bridgehead atoms. The number of hydrogen-bond donors (Lipinski definition) is 2. The molecule has 7 heteroatoms. The van der Waals surface area contributed by atoms with Crippen molar-refractivity contribution in [1.29, 1.82) is 0 Å². The first-order valence-corrected chi connectivity index (χ1v) is 5.24. The van der Waals surface area contributed by atoms with Crippen molar-refractivity contribution < 1.29 is 18.3 Å². The lowest BCUT2D eigenvalue weighted by Gasteiger charge is -2.22. The Hall–Kier alpha value is -1.24. The molecule has 0 radical (unpaired) electrons.